The predicted octanol–water partition coefficient (Wildman–Crippen LogP) is 5.60. The SMILES string of the molecule is CC.CC(C)(C)OC(=O)NCCNC=O.COC(=O)c1cc(NCC2CC2)c(-c2cn(C)c(=O)c3[nH]c(C)cc23)cc1CSC. The van der Waals surface area contributed by atoms with Crippen molar-refractivity contribution in [3.8, 4) is 11.1 Å². The molecule has 2 heterocycles. The molecule has 12 heteroatoms. The van der Waals surface area contributed by atoms with Gasteiger partial charge in [-0.15, -0.1) is 0 Å². The molecule has 1 aliphatic carbocycles. The van der Waals surface area contributed by atoms with Crippen LogP contribution < -0.4 is 21.5 Å². The van der Waals surface area contributed by atoms with Crippen LogP contribution in [0.25, 0.3) is 22.0 Å². The number of alkyl carbamates (subject to hydrolysis) is 1. The van der Waals surface area contributed by atoms with Crippen LogP contribution >= 0.6 is 11.8 Å². The summed E-state index contributed by atoms with van der Waals surface area (Å²) in [6.07, 6.45) is 6.48. The number of aryl methyl sites for hydroxylation is 2. The summed E-state index contributed by atoms with van der Waals surface area (Å²) in [7, 11) is 3.18. The van der Waals surface area contributed by atoms with E-state index in [1.165, 1.54) is 20.0 Å². The van der Waals surface area contributed by atoms with Gasteiger partial charge < -0.3 is 35.0 Å². The van der Waals surface area contributed by atoms with E-state index in [1.807, 2.05) is 45.4 Å². The number of ether oxygens (including phenoxy) is 2. The fraction of sp³-hybridized carbons (Fsp3) is 0.515. The lowest BCUT2D eigenvalue weighted by molar-refractivity contribution is -0.109. The second-order valence-electron chi connectivity index (χ2n) is 11.5. The number of fused-ring (bicyclic) bond motifs is 1. The van der Waals surface area contributed by atoms with E-state index in [9.17, 15) is 19.2 Å². The van der Waals surface area contributed by atoms with Crippen molar-refractivity contribution in [2.75, 3.05) is 38.3 Å². The second-order valence-corrected chi connectivity index (χ2v) is 12.4. The maximum atomic E-state index is 12.6. The Morgan fingerprint density at radius 1 is 1.13 bits per heavy atom. The molecule has 1 aliphatic rings. The lowest BCUT2D eigenvalue weighted by Gasteiger charge is -2.19. The van der Waals surface area contributed by atoms with Crippen molar-refractivity contribution < 1.29 is 23.9 Å². The average molecular weight is 644 g/mol. The summed E-state index contributed by atoms with van der Waals surface area (Å²) in [5.74, 6) is 1.05. The smallest absolute Gasteiger partial charge is 0.407 e. The fourth-order valence-electron chi connectivity index (χ4n) is 4.46. The molecule has 4 rings (SSSR count). The number of hydrogen-bond acceptors (Lipinski definition) is 8. The number of rotatable bonds is 11. The van der Waals surface area contributed by atoms with E-state index in [-0.39, 0.29) is 11.5 Å². The van der Waals surface area contributed by atoms with Gasteiger partial charge in [0.25, 0.3) is 5.56 Å². The maximum absolute atomic E-state index is 12.6. The summed E-state index contributed by atoms with van der Waals surface area (Å²) in [5.41, 5.74) is 5.37. The topological polar surface area (TPSA) is 144 Å². The highest BCUT2D eigenvalue weighted by atomic mass is 32.2. The molecular formula is C33H49N5O6S. The van der Waals surface area contributed by atoms with Crippen molar-refractivity contribution >= 4 is 46.8 Å². The highest BCUT2D eigenvalue weighted by molar-refractivity contribution is 7.97. The minimum Gasteiger partial charge on any atom is -0.465 e. The fourth-order valence-corrected chi connectivity index (χ4v) is 5.01. The van der Waals surface area contributed by atoms with Gasteiger partial charge in [0.15, 0.2) is 0 Å². The minimum atomic E-state index is -0.484. The number of aromatic amines is 1. The number of methoxy groups -OCH3 is 1. The standard InChI is InChI=1S/C23H27N3O3S.C8H16N2O3.C2H6/c1-13-7-18-19(11-26(2)22(27)21(18)25-13)17-8-15(12-30-4)16(23(28)29-3)9-20(17)24-10-14-5-6-14;1-8(2,3)13-7(12)10-5-4-9-6-11;1-2/h7-9,11,14,24-25H,5-6,10,12H2,1-4H3;6H,4-5H2,1-3H3,(H,9,11)(H,10,12);1-2H3. The van der Waals surface area contributed by atoms with Gasteiger partial charge in [0, 0.05) is 66.5 Å². The van der Waals surface area contributed by atoms with Gasteiger partial charge in [0.1, 0.15) is 11.1 Å². The third-order valence-corrected chi connectivity index (χ3v) is 7.24. The Morgan fingerprint density at radius 3 is 2.40 bits per heavy atom. The molecule has 0 aliphatic heterocycles. The number of nitrogens with zero attached hydrogens (tertiary/aromatic N) is 1. The second kappa shape index (κ2) is 17.5. The number of nitrogens with one attached hydrogen (secondary N) is 4. The van der Waals surface area contributed by atoms with Crippen LogP contribution in [0.2, 0.25) is 0 Å². The lowest BCUT2D eigenvalue weighted by Crippen LogP contribution is -2.36. The summed E-state index contributed by atoms with van der Waals surface area (Å²) in [5, 5.41) is 9.36. The zero-order valence-electron chi connectivity index (χ0n) is 28.0. The average Bonchev–Trinajstić information content (AvgIpc) is 3.75. The normalized spacial score (nSPS) is 12.2. The number of amides is 2. The molecule has 11 nitrogen and oxygen atoms in total. The monoisotopic (exact) mass is 643 g/mol. The molecule has 1 fully saturated rings. The summed E-state index contributed by atoms with van der Waals surface area (Å²) >= 11 is 1.66. The summed E-state index contributed by atoms with van der Waals surface area (Å²) in [6.45, 7) is 13.0. The third kappa shape index (κ3) is 11.2. The minimum absolute atomic E-state index is 0.0511. The van der Waals surface area contributed by atoms with Crippen molar-refractivity contribution in [2.24, 2.45) is 13.0 Å². The Morgan fingerprint density at radius 2 is 1.82 bits per heavy atom. The van der Waals surface area contributed by atoms with Crippen LogP contribution in [0.4, 0.5) is 10.5 Å². The number of carbonyl (C=O) groups is 3. The highest BCUT2D eigenvalue weighted by Gasteiger charge is 2.24. The molecular weight excluding hydrogens is 594 g/mol. The largest absolute Gasteiger partial charge is 0.465 e. The number of benzene rings is 1. The predicted molar refractivity (Wildman–Crippen MR) is 183 cm³/mol. The molecule has 0 saturated heterocycles. The van der Waals surface area contributed by atoms with Gasteiger partial charge in [0.2, 0.25) is 6.41 Å². The first-order valence-corrected chi connectivity index (χ1v) is 16.6. The quantitative estimate of drug-likeness (QED) is 0.120. The highest BCUT2D eigenvalue weighted by Crippen LogP contribution is 2.37. The number of carbonyl (C=O) groups excluding carboxylic acids is 3. The van der Waals surface area contributed by atoms with Crippen molar-refractivity contribution in [3.63, 3.8) is 0 Å². The van der Waals surface area contributed by atoms with Crippen LogP contribution in [0.3, 0.4) is 0 Å². The van der Waals surface area contributed by atoms with Crippen LogP contribution in [0.5, 0.6) is 0 Å². The van der Waals surface area contributed by atoms with E-state index in [1.54, 1.807) is 44.1 Å². The van der Waals surface area contributed by atoms with Gasteiger partial charge in [-0.25, -0.2) is 9.59 Å². The van der Waals surface area contributed by atoms with Crippen LogP contribution in [0.15, 0.2) is 29.2 Å². The molecule has 0 spiro atoms. The molecule has 1 aromatic carbocycles. The van der Waals surface area contributed by atoms with Gasteiger partial charge in [0.05, 0.1) is 12.7 Å². The maximum Gasteiger partial charge on any atom is 0.407 e. The Balaban J connectivity index is 0.000000398. The van der Waals surface area contributed by atoms with E-state index in [0.717, 1.165) is 40.0 Å². The number of esters is 1. The zero-order valence-corrected chi connectivity index (χ0v) is 28.8. The first-order chi connectivity index (χ1) is 21.4. The van der Waals surface area contributed by atoms with E-state index >= 15 is 0 Å². The molecule has 3 aromatic rings. The van der Waals surface area contributed by atoms with Crippen LogP contribution in [-0.2, 0) is 27.1 Å². The Labute approximate surface area is 270 Å². The van der Waals surface area contributed by atoms with Crippen molar-refractivity contribution in [2.45, 2.75) is 65.7 Å². The zero-order chi connectivity index (χ0) is 33.7. The van der Waals surface area contributed by atoms with E-state index in [2.05, 4.69) is 27.0 Å². The van der Waals surface area contributed by atoms with E-state index < -0.39 is 11.7 Å². The van der Waals surface area contributed by atoms with Gasteiger partial charge in [-0.1, -0.05) is 13.8 Å². The molecule has 248 valence electrons. The molecule has 0 atom stereocenters. The Bertz CT molecular complexity index is 1500. The lowest BCUT2D eigenvalue weighted by atomic mass is 9.96. The molecule has 4 N–H and O–H groups in total. The molecule has 1 saturated carbocycles. The first kappa shape index (κ1) is 37.3. The molecule has 0 bridgehead atoms. The Hall–Kier alpha value is -3.93. The van der Waals surface area contributed by atoms with Gasteiger partial charge >= 0.3 is 12.1 Å². The van der Waals surface area contributed by atoms with Crippen molar-refractivity contribution in [1.82, 2.24) is 20.2 Å². The van der Waals surface area contributed by atoms with Crippen LogP contribution in [0, 0.1) is 12.8 Å². The molecule has 0 unspecified atom stereocenters. The number of pyridine rings is 1. The van der Waals surface area contributed by atoms with Crippen molar-refractivity contribution in [3.05, 3.63) is 51.6 Å². The van der Waals surface area contributed by atoms with Gasteiger partial charge in [-0.05, 0) is 76.5 Å². The van der Waals surface area contributed by atoms with Gasteiger partial charge in [-0.3, -0.25) is 9.59 Å². The summed E-state index contributed by atoms with van der Waals surface area (Å²) < 4.78 is 11.6. The molecule has 2 aromatic heterocycles. The first-order valence-electron chi connectivity index (χ1n) is 15.2. The number of hydrogen-bond donors (Lipinski definition) is 4. The van der Waals surface area contributed by atoms with Gasteiger partial charge in [-0.2, -0.15) is 11.8 Å². The third-order valence-electron chi connectivity index (χ3n) is 6.64. The molecule has 2 amide bonds. The number of anilines is 1. The van der Waals surface area contributed by atoms with Crippen molar-refractivity contribution in [1.29, 1.82) is 0 Å². The molecule has 45 heavy (non-hydrogen) atoms. The van der Waals surface area contributed by atoms with E-state index in [4.69, 9.17) is 9.47 Å². The Kier molecular flexibility index (Phi) is 14.5. The number of H-pyrrole nitrogens is 1. The van der Waals surface area contributed by atoms with Crippen LogP contribution in [-0.4, -0.2) is 66.6 Å². The summed E-state index contributed by atoms with van der Waals surface area (Å²) in [6, 6.07) is 5.99. The molecule has 0 radical (unpaired) electrons. The number of thioether (sulfide) groups is 1. The summed E-state index contributed by atoms with van der Waals surface area (Å²) in [4.78, 5) is 49.1. The van der Waals surface area contributed by atoms with E-state index in [0.29, 0.717) is 42.3 Å². The van der Waals surface area contributed by atoms with Crippen LogP contribution in [0.1, 0.15) is 69.1 Å². The number of aromatic nitrogens is 2.